The largest absolute Gasteiger partial charge is 0.412 e. The minimum atomic E-state index is -0.700. The van der Waals surface area contributed by atoms with E-state index < -0.39 is 28.3 Å². The molecule has 0 atom stereocenters. The maximum absolute atomic E-state index is 13.4. The van der Waals surface area contributed by atoms with Crippen LogP contribution in [0.2, 0.25) is 0 Å². The molecule has 5 amide bonds. The van der Waals surface area contributed by atoms with Gasteiger partial charge in [0.05, 0.1) is 30.5 Å². The first-order valence-electron chi connectivity index (χ1n) is 35.6. The van der Waals surface area contributed by atoms with Crippen molar-refractivity contribution in [3.05, 3.63) is 219 Å². The molecular weight excluding hydrogens is 1440 g/mol. The number of nitrogens with one attached hydrogen (secondary N) is 4. The highest BCUT2D eigenvalue weighted by atomic mass is 79.9. The van der Waals surface area contributed by atoms with Crippen LogP contribution in [0.1, 0.15) is 233 Å². The number of carbonyl (C=O) groups excluding carboxylic acids is 6. The number of aromatic nitrogens is 11. The number of fused-ring (bicyclic) bond motifs is 8. The second-order valence-corrected chi connectivity index (χ2v) is 28.7. The van der Waals surface area contributed by atoms with Crippen LogP contribution in [0.3, 0.4) is 0 Å². The monoisotopic (exact) mass is 1530 g/mol. The van der Waals surface area contributed by atoms with Crippen molar-refractivity contribution in [3.8, 4) is 0 Å². The Balaban J connectivity index is 0.000000145. The molecule has 12 heterocycles. The number of halogens is 1. The van der Waals surface area contributed by atoms with Crippen molar-refractivity contribution in [2.75, 3.05) is 20.7 Å². The van der Waals surface area contributed by atoms with E-state index in [4.69, 9.17) is 5.84 Å². The Morgan fingerprint density at radius 2 is 0.925 bits per heavy atom. The molecule has 4 aliphatic carbocycles. The first kappa shape index (κ1) is 78.8. The lowest BCUT2D eigenvalue weighted by atomic mass is 9.88. The van der Waals surface area contributed by atoms with Gasteiger partial charge in [-0.05, 0) is 201 Å². The minimum absolute atomic E-state index is 0. The number of amides is 5. The number of ketones is 1. The average Bonchev–Trinajstić information content (AvgIpc) is 1.63. The van der Waals surface area contributed by atoms with Crippen molar-refractivity contribution in [3.63, 3.8) is 0 Å². The number of nitrogens with zero attached hydrogens (tertiary/aromatic N) is 14. The normalized spacial score (nSPS) is 18.3. The molecule has 16 rings (SSSR count). The van der Waals surface area contributed by atoms with Crippen LogP contribution in [0.25, 0.3) is 0 Å². The molecule has 4 saturated carbocycles. The van der Waals surface area contributed by atoms with Crippen LogP contribution in [-0.2, 0) is 33.0 Å². The summed E-state index contributed by atoms with van der Waals surface area (Å²) in [7, 11) is 2.93. The van der Waals surface area contributed by atoms with Gasteiger partial charge in [0, 0.05) is 54.0 Å². The Morgan fingerprint density at radius 1 is 0.533 bits per heavy atom. The molecular formula is C74H90BrN21O11. The third-order valence-corrected chi connectivity index (χ3v) is 21.5. The van der Waals surface area contributed by atoms with Crippen LogP contribution in [0.4, 0.5) is 0 Å². The van der Waals surface area contributed by atoms with Gasteiger partial charge < -0.3 is 37.5 Å². The van der Waals surface area contributed by atoms with E-state index >= 15 is 0 Å². The van der Waals surface area contributed by atoms with E-state index in [0.717, 1.165) is 136 Å². The second kappa shape index (κ2) is 33.8. The molecule has 12 N–H and O–H groups in total. The molecule has 5 fully saturated rings. The molecule has 33 heteroatoms. The third-order valence-electron chi connectivity index (χ3n) is 21.0. The van der Waals surface area contributed by atoms with Gasteiger partial charge in [-0.15, -0.1) is 0 Å². The molecule has 564 valence electrons. The Hall–Kier alpha value is -10.7. The number of aryl methyl sites for hydroxylation is 3. The van der Waals surface area contributed by atoms with Crippen LogP contribution in [0.15, 0.2) is 134 Å². The van der Waals surface area contributed by atoms with Crippen molar-refractivity contribution in [1.29, 1.82) is 0 Å². The zero-order valence-electron chi connectivity index (χ0n) is 60.7. The molecule has 4 spiro atoms. The van der Waals surface area contributed by atoms with Crippen molar-refractivity contribution in [2.45, 2.75) is 185 Å². The molecule has 1 saturated heterocycles. The van der Waals surface area contributed by atoms with Gasteiger partial charge in [-0.25, -0.2) is 44.9 Å². The van der Waals surface area contributed by atoms with Gasteiger partial charge in [-0.3, -0.25) is 73.4 Å². The Morgan fingerprint density at radius 3 is 1.36 bits per heavy atom. The number of rotatable bonds is 8. The number of carbonyl (C=O) groups is 6. The highest BCUT2D eigenvalue weighted by molar-refractivity contribution is 9.11. The van der Waals surface area contributed by atoms with E-state index in [-0.39, 0.29) is 63.1 Å². The van der Waals surface area contributed by atoms with Crippen LogP contribution in [-0.4, -0.2) is 136 Å². The van der Waals surface area contributed by atoms with E-state index in [1.54, 1.807) is 40.6 Å². The zero-order chi connectivity index (χ0) is 75.7. The first-order chi connectivity index (χ1) is 51.1. The molecule has 0 radical (unpaired) electrons. The summed E-state index contributed by atoms with van der Waals surface area (Å²) in [5.74, 6) is 12.4. The summed E-state index contributed by atoms with van der Waals surface area (Å²) in [6.07, 6.45) is 33.8. The Labute approximate surface area is 625 Å². The number of hydrazine groups is 1. The van der Waals surface area contributed by atoms with Gasteiger partial charge in [-0.1, -0.05) is 41.6 Å². The predicted molar refractivity (Wildman–Crippen MR) is 398 cm³/mol. The van der Waals surface area contributed by atoms with Gasteiger partial charge in [0.25, 0.3) is 46.2 Å². The first-order valence-corrected chi connectivity index (χ1v) is 36.4. The maximum atomic E-state index is 13.4. The predicted octanol–water partition coefficient (Wildman–Crippen LogP) is 5.20. The van der Waals surface area contributed by atoms with Crippen molar-refractivity contribution in [1.82, 2.24) is 84.8 Å². The highest BCUT2D eigenvalue weighted by Gasteiger charge is 2.51. The summed E-state index contributed by atoms with van der Waals surface area (Å²) in [5.41, 5.74) is 5.82. The number of hydroxylamine groups is 2. The average molecular weight is 1530 g/mol. The summed E-state index contributed by atoms with van der Waals surface area (Å²) < 4.78 is 6.06. The fourth-order valence-electron chi connectivity index (χ4n) is 16.1. The minimum Gasteiger partial charge on any atom is -0.412 e. The number of hydrogen-bond donors (Lipinski definition) is 7. The molecule has 7 aromatic heterocycles. The number of hydrogen-bond acceptors (Lipinski definition) is 23. The summed E-state index contributed by atoms with van der Waals surface area (Å²) in [6.45, 7) is 8.32. The fourth-order valence-corrected chi connectivity index (χ4v) is 16.7. The lowest BCUT2D eigenvalue weighted by Gasteiger charge is -2.43. The standard InChI is InChI=1S/C18H20N6O2.C18H18N4O3.C18H20N4O2.C13H17BrN2O.C7H9N3O2.H4N2.H2O/c1-11-9-12(14(23-19)13-5-8-20-10-21-13)17(26)24-15(11)16(25)22-18(24)6-3-2-4-7-18;1-11-9-12(15(23)13-5-8-19-10-20-13)17(25)22-14(11)16(24)21-18(22)6-3-2-4-7-18;1-12-9-13(10-14-5-8-19-11-20-14)17(24)22-15(12)16(23)21-18(22)6-3-2-4-7-18;1-9-7-10(14)8-16-11(9)12(17)15-13(16)5-3-2-4-6-13;1-10(12-2)7(11)6-3-4-8-5-9-6;1-2;/h5,8-10H,2-4,6-7,19H2,1H3,(H,22,25);5,8-10H,2-4,6-7H2,1H3,(H,21,24);5,8-9,11H,2-4,6-7,10H2,1H3,(H,21,23);7H,2-6,8H2,1H3,(H,15,17);3-5H,1-2H3;1-2H2;1H2/b23-14-;;;;;;. The molecule has 0 unspecified atom stereocenters. The molecule has 107 heavy (non-hydrogen) atoms. The van der Waals surface area contributed by atoms with Crippen LogP contribution in [0, 0.1) is 20.8 Å². The fraction of sp³-hybridized carbons (Fsp3) is 0.432. The van der Waals surface area contributed by atoms with Crippen molar-refractivity contribution >= 4 is 57.0 Å². The molecule has 32 nitrogen and oxygen atoms in total. The van der Waals surface area contributed by atoms with Crippen LogP contribution < -0.4 is 55.5 Å². The smallest absolute Gasteiger partial charge is 0.295 e. The van der Waals surface area contributed by atoms with Crippen molar-refractivity contribution < 1.29 is 39.1 Å². The van der Waals surface area contributed by atoms with E-state index in [1.165, 1.54) is 98.4 Å². The SMILES string of the molecule is CC1=C2C(=O)NC3(CCCCC3)N2CC(Br)=C1.CON(C)C(=O)c1ccncn1.Cc1cc(/C(=N/N)c2ccncn2)c(=O)n2c1C(=O)NC21CCCCC1.Cc1cc(C(=O)c2ccncn2)c(=O)n2c1C(=O)NC21CCCCC1.Cc1cc(Cc2ccncn2)c(=O)n2c1C(=O)NC21CCCCC1.NN.O. The van der Waals surface area contributed by atoms with Gasteiger partial charge >= 0.3 is 0 Å². The summed E-state index contributed by atoms with van der Waals surface area (Å²) in [5, 5.41) is 17.3. The van der Waals surface area contributed by atoms with E-state index in [9.17, 15) is 43.2 Å². The number of hydrazone groups is 1. The zero-order valence-corrected chi connectivity index (χ0v) is 62.3. The lowest BCUT2D eigenvalue weighted by molar-refractivity contribution is -0.117. The molecule has 5 aliphatic heterocycles. The van der Waals surface area contributed by atoms with Gasteiger partial charge in [0.1, 0.15) is 87.8 Å². The van der Waals surface area contributed by atoms with Crippen molar-refractivity contribution in [2.24, 2.45) is 22.6 Å². The lowest BCUT2D eigenvalue weighted by Crippen LogP contribution is -2.53. The van der Waals surface area contributed by atoms with Crippen LogP contribution >= 0.6 is 15.9 Å². The molecule has 9 aliphatic rings. The summed E-state index contributed by atoms with van der Waals surface area (Å²) in [6, 6.07) is 11.5. The quantitative estimate of drug-likeness (QED) is 0.0444. The number of nitrogens with two attached hydrogens (primary N) is 3. The highest BCUT2D eigenvalue weighted by Crippen LogP contribution is 2.43. The summed E-state index contributed by atoms with van der Waals surface area (Å²) in [4.78, 5) is 152. The Kier molecular flexibility index (Phi) is 24.9. The molecule has 7 aromatic rings. The van der Waals surface area contributed by atoms with E-state index in [1.807, 2.05) is 32.9 Å². The Bertz CT molecular complexity index is 4780. The van der Waals surface area contributed by atoms with Gasteiger partial charge in [0.15, 0.2) is 0 Å². The summed E-state index contributed by atoms with van der Waals surface area (Å²) >= 11 is 3.58. The second-order valence-electron chi connectivity index (χ2n) is 27.6. The van der Waals surface area contributed by atoms with E-state index in [2.05, 4.69) is 110 Å². The van der Waals surface area contributed by atoms with Crippen LogP contribution in [0.5, 0.6) is 0 Å². The van der Waals surface area contributed by atoms with Gasteiger partial charge in [-0.2, -0.15) is 5.10 Å². The maximum Gasteiger partial charge on any atom is 0.295 e. The number of pyridine rings is 3. The van der Waals surface area contributed by atoms with E-state index in [0.29, 0.717) is 70.1 Å². The molecule has 0 bridgehead atoms. The third kappa shape index (κ3) is 15.8. The number of allylic oxidation sites excluding steroid dienone is 2. The molecule has 0 aromatic carbocycles. The topological polar surface area (TPSA) is 457 Å². The van der Waals surface area contributed by atoms with Gasteiger partial charge in [0.2, 0.25) is 5.78 Å².